The number of hydrogen-bond donors (Lipinski definition) is 0. The third-order valence-corrected chi connectivity index (χ3v) is 16.8. The van der Waals surface area contributed by atoms with Crippen molar-refractivity contribution in [3.05, 3.63) is 295 Å². The Kier molecular flexibility index (Phi) is 13.2. The van der Waals surface area contributed by atoms with Crippen LogP contribution < -0.4 is 0 Å². The van der Waals surface area contributed by atoms with Crippen LogP contribution in [0.25, 0.3) is 145 Å². The van der Waals surface area contributed by atoms with E-state index in [4.69, 9.17) is 15.0 Å². The summed E-state index contributed by atoms with van der Waals surface area (Å²) >= 11 is 0. The first-order valence-electron chi connectivity index (χ1n) is 29.1. The minimum absolute atomic E-state index is 0.472. The molecule has 10 nitrogen and oxygen atoms in total. The molecule has 0 amide bonds. The van der Waals surface area contributed by atoms with Crippen molar-refractivity contribution in [2.24, 2.45) is 0 Å². The van der Waals surface area contributed by atoms with Gasteiger partial charge in [0.1, 0.15) is 0 Å². The predicted molar refractivity (Wildman–Crippen MR) is 356 cm³/mol. The second-order valence-corrected chi connectivity index (χ2v) is 22.0. The van der Waals surface area contributed by atoms with Crippen LogP contribution in [0.1, 0.15) is 27.8 Å². The molecule has 0 bridgehead atoms. The zero-order valence-corrected chi connectivity index (χ0v) is 47.9. The van der Waals surface area contributed by atoms with Crippen molar-refractivity contribution in [3.8, 4) is 132 Å². The van der Waals surface area contributed by atoms with Crippen LogP contribution in [0.2, 0.25) is 0 Å². The Morgan fingerprint density at radius 1 is 0.222 bits per heavy atom. The summed E-state index contributed by atoms with van der Waals surface area (Å²) in [6.45, 7) is 0. The Balaban J connectivity index is 1.02. The number of nitriles is 5. The maximum absolute atomic E-state index is 10.9. The zero-order chi connectivity index (χ0) is 60.8. The van der Waals surface area contributed by atoms with Crippen LogP contribution in [-0.4, -0.2) is 24.1 Å². The van der Waals surface area contributed by atoms with E-state index in [-0.39, 0.29) is 0 Å². The fourth-order valence-corrected chi connectivity index (χ4v) is 12.3. The molecule has 15 rings (SSSR count). The minimum atomic E-state index is 0.472. The molecule has 90 heavy (non-hydrogen) atoms. The Morgan fingerprint density at radius 2 is 0.489 bits per heavy atom. The van der Waals surface area contributed by atoms with Crippen LogP contribution >= 0.6 is 0 Å². The normalized spacial score (nSPS) is 11.1. The summed E-state index contributed by atoms with van der Waals surface area (Å²) in [6, 6.07) is 100.0. The lowest BCUT2D eigenvalue weighted by molar-refractivity contribution is 1.07. The van der Waals surface area contributed by atoms with Crippen molar-refractivity contribution in [3.63, 3.8) is 0 Å². The molecule has 15 aromatic rings. The Labute approximate surface area is 517 Å². The van der Waals surface area contributed by atoms with Crippen molar-refractivity contribution in [1.82, 2.24) is 24.1 Å². The van der Waals surface area contributed by atoms with E-state index in [2.05, 4.69) is 130 Å². The number of fused-ring (bicyclic) bond motifs is 6. The van der Waals surface area contributed by atoms with Gasteiger partial charge in [-0.15, -0.1) is 0 Å². The molecule has 0 N–H and O–H groups in total. The van der Waals surface area contributed by atoms with E-state index in [1.54, 1.807) is 0 Å². The van der Waals surface area contributed by atoms with Gasteiger partial charge in [-0.2, -0.15) is 26.3 Å². The van der Waals surface area contributed by atoms with Gasteiger partial charge in [0.25, 0.3) is 0 Å². The summed E-state index contributed by atoms with van der Waals surface area (Å²) in [5.74, 6) is 1.53. The Hall–Kier alpha value is -13.3. The molecule has 0 radical (unpaired) electrons. The third kappa shape index (κ3) is 9.50. The van der Waals surface area contributed by atoms with Gasteiger partial charge >= 0.3 is 0 Å². The molecular formula is C80H44N10. The third-order valence-electron chi connectivity index (χ3n) is 16.8. The summed E-state index contributed by atoms with van der Waals surface area (Å²) in [5, 5.41) is 53.7. The summed E-state index contributed by atoms with van der Waals surface area (Å²) < 4.78 is 4.57. The minimum Gasteiger partial charge on any atom is -0.309 e. The van der Waals surface area contributed by atoms with Crippen molar-refractivity contribution in [1.29, 1.82) is 26.3 Å². The van der Waals surface area contributed by atoms with Crippen molar-refractivity contribution >= 4 is 43.6 Å². The lowest BCUT2D eigenvalue weighted by atomic mass is 9.97. The van der Waals surface area contributed by atoms with Crippen LogP contribution in [-0.2, 0) is 0 Å². The van der Waals surface area contributed by atoms with Gasteiger partial charge in [0.05, 0.1) is 91.6 Å². The summed E-state index contributed by atoms with van der Waals surface area (Å²) in [6.07, 6.45) is 0. The average Bonchev–Trinajstić information content (AvgIpc) is 1.59. The fraction of sp³-hybridized carbons (Fsp3) is 0. The van der Waals surface area contributed by atoms with Crippen molar-refractivity contribution < 1.29 is 0 Å². The topological polar surface area (TPSA) is 167 Å². The van der Waals surface area contributed by atoms with Crippen molar-refractivity contribution in [2.45, 2.75) is 0 Å². The van der Waals surface area contributed by atoms with Crippen LogP contribution in [0, 0.1) is 56.7 Å². The highest BCUT2D eigenvalue weighted by Crippen LogP contribution is 2.45. The van der Waals surface area contributed by atoms with Gasteiger partial charge in [-0.1, -0.05) is 152 Å². The second-order valence-electron chi connectivity index (χ2n) is 22.0. The molecule has 0 fully saturated rings. The molecule has 0 aliphatic rings. The quantitative estimate of drug-likeness (QED) is 0.130. The zero-order valence-electron chi connectivity index (χ0n) is 47.9. The first kappa shape index (κ1) is 53.4. The maximum Gasteiger partial charge on any atom is 0.164 e. The standard InChI is InChI=1S/C80H44N10/c81-45-50-11-20-55(21-12-50)61-29-35-72-68(40-61)69-41-62(56-22-13-51(46-82)14-23-56)30-36-73(69)89(72)76-39-54(49-85)19-33-66(76)67-34-28-65(80-87-78(59-7-3-1-4-8-59)86-79(88-80)60-9-5-2-6-10-60)44-77(67)90-74-37-31-63(57-24-15-52(47-83)16-25-57)42-70(74)71-43-64(32-38-75(71)90)58-26-17-53(48-84)18-27-58/h1-44H. The largest absolute Gasteiger partial charge is 0.309 e. The molecule has 414 valence electrons. The predicted octanol–water partition coefficient (Wildman–Crippen LogP) is 18.8. The Morgan fingerprint density at radius 3 is 0.811 bits per heavy atom. The van der Waals surface area contributed by atoms with E-state index in [9.17, 15) is 26.3 Å². The van der Waals surface area contributed by atoms with Crippen molar-refractivity contribution in [2.75, 3.05) is 0 Å². The fourth-order valence-electron chi connectivity index (χ4n) is 12.3. The van der Waals surface area contributed by atoms with E-state index in [0.29, 0.717) is 45.3 Å². The monoisotopic (exact) mass is 1140 g/mol. The van der Waals surface area contributed by atoms with Gasteiger partial charge in [-0.05, 0) is 160 Å². The molecule has 3 heterocycles. The summed E-state index contributed by atoms with van der Waals surface area (Å²) in [4.78, 5) is 15.6. The van der Waals surface area contributed by atoms with Crippen LogP contribution in [0.3, 0.4) is 0 Å². The molecule has 0 unspecified atom stereocenters. The van der Waals surface area contributed by atoms with Crippen LogP contribution in [0.5, 0.6) is 0 Å². The first-order valence-corrected chi connectivity index (χ1v) is 29.1. The van der Waals surface area contributed by atoms with E-state index in [1.807, 2.05) is 176 Å². The molecule has 12 aromatic carbocycles. The molecule has 0 aliphatic carbocycles. The van der Waals surface area contributed by atoms with Gasteiger partial charge in [0, 0.05) is 49.4 Å². The van der Waals surface area contributed by atoms with E-state index in [0.717, 1.165) is 127 Å². The number of benzene rings is 12. The highest BCUT2D eigenvalue weighted by Gasteiger charge is 2.25. The van der Waals surface area contributed by atoms with E-state index < -0.39 is 0 Å². The highest BCUT2D eigenvalue weighted by atomic mass is 15.0. The van der Waals surface area contributed by atoms with Crippen LogP contribution in [0.4, 0.5) is 0 Å². The van der Waals surface area contributed by atoms with E-state index in [1.165, 1.54) is 0 Å². The number of hydrogen-bond acceptors (Lipinski definition) is 8. The van der Waals surface area contributed by atoms with Gasteiger partial charge in [0.2, 0.25) is 0 Å². The molecule has 10 heteroatoms. The Bertz CT molecular complexity index is 5330. The molecule has 0 aliphatic heterocycles. The lowest BCUT2D eigenvalue weighted by Crippen LogP contribution is -2.04. The molecular weight excluding hydrogens is 1100 g/mol. The molecule has 0 saturated heterocycles. The lowest BCUT2D eigenvalue weighted by Gasteiger charge is -2.20. The van der Waals surface area contributed by atoms with Crippen LogP contribution in [0.15, 0.2) is 267 Å². The highest BCUT2D eigenvalue weighted by molar-refractivity contribution is 6.14. The van der Waals surface area contributed by atoms with Gasteiger partial charge < -0.3 is 9.13 Å². The van der Waals surface area contributed by atoms with Gasteiger partial charge in [-0.25, -0.2) is 15.0 Å². The number of rotatable bonds is 10. The molecule has 0 spiro atoms. The smallest absolute Gasteiger partial charge is 0.164 e. The average molecular weight is 1150 g/mol. The van der Waals surface area contributed by atoms with Gasteiger partial charge in [0.15, 0.2) is 17.5 Å². The SMILES string of the molecule is N#Cc1ccc(-c2ccc3c(c2)c2cc(-c4ccc(C#N)cc4)ccc2n3-c2cc(C#N)ccc2-c2ccc(-c3nc(-c4ccccc4)nc(-c4ccccc4)n3)cc2-n2c3ccc(-c4ccc(C#N)cc4)cc3c3cc(-c4ccc(C#N)cc4)ccc32)cc1. The molecule has 0 atom stereocenters. The number of nitrogens with zero attached hydrogens (tertiary/aromatic N) is 10. The molecule has 3 aromatic heterocycles. The second kappa shape index (κ2) is 22.3. The van der Waals surface area contributed by atoms with E-state index >= 15 is 0 Å². The number of aromatic nitrogens is 5. The van der Waals surface area contributed by atoms with Gasteiger partial charge in [-0.3, -0.25) is 0 Å². The molecule has 0 saturated carbocycles. The summed E-state index contributed by atoms with van der Waals surface area (Å²) in [5.41, 5.74) is 19.8. The maximum atomic E-state index is 10.9. The first-order chi connectivity index (χ1) is 44.3. The summed E-state index contributed by atoms with van der Waals surface area (Å²) in [7, 11) is 0.